The lowest BCUT2D eigenvalue weighted by atomic mass is 9.96. The van der Waals surface area contributed by atoms with E-state index in [9.17, 15) is 5.26 Å². The highest BCUT2D eigenvalue weighted by Gasteiger charge is 2.22. The van der Waals surface area contributed by atoms with Gasteiger partial charge in [-0.25, -0.2) is 0 Å². The highest BCUT2D eigenvalue weighted by atomic mass is 16.7. The van der Waals surface area contributed by atoms with Crippen molar-refractivity contribution in [3.8, 4) is 6.07 Å². The minimum Gasteiger partial charge on any atom is -0.352 e. The van der Waals surface area contributed by atoms with Crippen molar-refractivity contribution in [3.63, 3.8) is 0 Å². The zero-order valence-corrected chi connectivity index (χ0v) is 14.2. The van der Waals surface area contributed by atoms with E-state index in [0.29, 0.717) is 5.92 Å². The molecule has 23 heavy (non-hydrogen) atoms. The molecule has 0 N–H and O–H groups in total. The molecule has 0 aliphatic carbocycles. The molecule has 1 heterocycles. The highest BCUT2D eigenvalue weighted by molar-refractivity contribution is 5.16. The Bertz CT molecular complexity index is 460. The average Bonchev–Trinajstić information content (AvgIpc) is 2.61. The van der Waals surface area contributed by atoms with Crippen LogP contribution in [-0.2, 0) is 15.9 Å². The van der Waals surface area contributed by atoms with Crippen LogP contribution < -0.4 is 0 Å². The van der Waals surface area contributed by atoms with Gasteiger partial charge in [0.1, 0.15) is 0 Å². The van der Waals surface area contributed by atoms with Gasteiger partial charge in [-0.05, 0) is 31.2 Å². The van der Waals surface area contributed by atoms with Crippen LogP contribution in [0.3, 0.4) is 0 Å². The molecule has 1 atom stereocenters. The first kappa shape index (κ1) is 18.0. The molecule has 3 heteroatoms. The SMILES string of the molecule is CCCCCC1COC(CCC(C#N)Cc2ccccc2)OC1. The number of nitriles is 1. The maximum atomic E-state index is 9.35. The smallest absolute Gasteiger partial charge is 0.157 e. The van der Waals surface area contributed by atoms with Gasteiger partial charge in [0.05, 0.1) is 25.2 Å². The van der Waals surface area contributed by atoms with Crippen molar-refractivity contribution in [2.24, 2.45) is 11.8 Å². The van der Waals surface area contributed by atoms with Crippen molar-refractivity contribution in [1.82, 2.24) is 0 Å². The van der Waals surface area contributed by atoms with Gasteiger partial charge in [0, 0.05) is 5.92 Å². The molecule has 1 aromatic rings. The molecule has 0 spiro atoms. The molecule has 1 aromatic carbocycles. The van der Waals surface area contributed by atoms with Crippen LogP contribution in [0, 0.1) is 23.2 Å². The Morgan fingerprint density at radius 1 is 1.13 bits per heavy atom. The van der Waals surface area contributed by atoms with Crippen LogP contribution in [0.15, 0.2) is 30.3 Å². The number of nitrogens with zero attached hydrogens (tertiary/aromatic N) is 1. The van der Waals surface area contributed by atoms with E-state index in [1.165, 1.54) is 31.2 Å². The second-order valence-corrected chi connectivity index (χ2v) is 6.55. The molecule has 0 aromatic heterocycles. The summed E-state index contributed by atoms with van der Waals surface area (Å²) >= 11 is 0. The average molecular weight is 315 g/mol. The first-order valence-corrected chi connectivity index (χ1v) is 8.98. The van der Waals surface area contributed by atoms with E-state index in [4.69, 9.17) is 9.47 Å². The molecule has 126 valence electrons. The number of hydrogen-bond acceptors (Lipinski definition) is 3. The quantitative estimate of drug-likeness (QED) is 0.619. The Hall–Kier alpha value is -1.37. The van der Waals surface area contributed by atoms with E-state index >= 15 is 0 Å². The molecule has 0 bridgehead atoms. The molecule has 2 rings (SSSR count). The fraction of sp³-hybridized carbons (Fsp3) is 0.650. The zero-order chi connectivity index (χ0) is 16.3. The molecule has 0 saturated carbocycles. The summed E-state index contributed by atoms with van der Waals surface area (Å²) < 4.78 is 11.7. The Kier molecular flexibility index (Phi) is 8.14. The number of ether oxygens (including phenoxy) is 2. The van der Waals surface area contributed by atoms with Crippen LogP contribution in [-0.4, -0.2) is 19.5 Å². The Morgan fingerprint density at radius 3 is 2.52 bits per heavy atom. The summed E-state index contributed by atoms with van der Waals surface area (Å²) in [5, 5.41) is 9.35. The highest BCUT2D eigenvalue weighted by Crippen LogP contribution is 2.22. The normalized spacial score (nSPS) is 22.4. The summed E-state index contributed by atoms with van der Waals surface area (Å²) in [7, 11) is 0. The molecule has 0 radical (unpaired) electrons. The molecule has 1 unspecified atom stereocenters. The topological polar surface area (TPSA) is 42.2 Å². The van der Waals surface area contributed by atoms with Crippen LogP contribution in [0.25, 0.3) is 0 Å². The minimum absolute atomic E-state index is 0.0341. The van der Waals surface area contributed by atoms with Crippen LogP contribution in [0.4, 0.5) is 0 Å². The third-order valence-corrected chi connectivity index (χ3v) is 4.51. The molecule has 0 amide bonds. The monoisotopic (exact) mass is 315 g/mol. The van der Waals surface area contributed by atoms with Crippen molar-refractivity contribution >= 4 is 0 Å². The lowest BCUT2D eigenvalue weighted by molar-refractivity contribution is -0.204. The van der Waals surface area contributed by atoms with Gasteiger partial charge in [0.25, 0.3) is 0 Å². The number of hydrogen-bond donors (Lipinski definition) is 0. The zero-order valence-electron chi connectivity index (χ0n) is 14.2. The fourth-order valence-corrected chi connectivity index (χ4v) is 3.05. The van der Waals surface area contributed by atoms with Crippen LogP contribution in [0.1, 0.15) is 51.0 Å². The predicted octanol–water partition coefficient (Wildman–Crippen LogP) is 4.72. The van der Waals surface area contributed by atoms with Crippen molar-refractivity contribution in [2.45, 2.75) is 58.2 Å². The van der Waals surface area contributed by atoms with Crippen LogP contribution >= 0.6 is 0 Å². The molecular weight excluding hydrogens is 286 g/mol. The molecular formula is C20H29NO2. The van der Waals surface area contributed by atoms with Crippen molar-refractivity contribution < 1.29 is 9.47 Å². The fourth-order valence-electron chi connectivity index (χ4n) is 3.05. The molecule has 3 nitrogen and oxygen atoms in total. The van der Waals surface area contributed by atoms with Gasteiger partial charge in [-0.2, -0.15) is 5.26 Å². The maximum Gasteiger partial charge on any atom is 0.157 e. The van der Waals surface area contributed by atoms with Crippen LogP contribution in [0.2, 0.25) is 0 Å². The first-order valence-electron chi connectivity index (χ1n) is 8.98. The van der Waals surface area contributed by atoms with Gasteiger partial charge in [-0.1, -0.05) is 56.5 Å². The standard InChI is InChI=1S/C20H29NO2/c1-2-3-5-10-19-15-22-20(23-16-19)12-11-18(14-21)13-17-8-6-4-7-9-17/h4,6-9,18-20H,2-3,5,10-13,15-16H2,1H3. The molecule has 1 aliphatic heterocycles. The first-order chi connectivity index (χ1) is 11.3. The summed E-state index contributed by atoms with van der Waals surface area (Å²) in [6.45, 7) is 3.85. The maximum absolute atomic E-state index is 9.35. The Morgan fingerprint density at radius 2 is 1.87 bits per heavy atom. The molecule has 1 saturated heterocycles. The second kappa shape index (κ2) is 10.4. The third-order valence-electron chi connectivity index (χ3n) is 4.51. The number of benzene rings is 1. The van der Waals surface area contributed by atoms with E-state index in [1.807, 2.05) is 18.2 Å². The number of unbranched alkanes of at least 4 members (excludes halogenated alkanes) is 2. The van der Waals surface area contributed by atoms with E-state index < -0.39 is 0 Å². The van der Waals surface area contributed by atoms with Crippen molar-refractivity contribution in [1.29, 1.82) is 5.26 Å². The molecule has 1 fully saturated rings. The second-order valence-electron chi connectivity index (χ2n) is 6.55. The summed E-state index contributed by atoms with van der Waals surface area (Å²) in [6, 6.07) is 12.6. The van der Waals surface area contributed by atoms with Crippen LogP contribution in [0.5, 0.6) is 0 Å². The summed E-state index contributed by atoms with van der Waals surface area (Å²) in [5.41, 5.74) is 1.22. The lowest BCUT2D eigenvalue weighted by Crippen LogP contribution is -2.32. The largest absolute Gasteiger partial charge is 0.352 e. The summed E-state index contributed by atoms with van der Waals surface area (Å²) in [4.78, 5) is 0. The van der Waals surface area contributed by atoms with Gasteiger partial charge < -0.3 is 9.47 Å². The van der Waals surface area contributed by atoms with Gasteiger partial charge in [-0.15, -0.1) is 0 Å². The predicted molar refractivity (Wildman–Crippen MR) is 91.8 cm³/mol. The lowest BCUT2D eigenvalue weighted by Gasteiger charge is -2.29. The number of rotatable bonds is 9. The van der Waals surface area contributed by atoms with Crippen molar-refractivity contribution in [3.05, 3.63) is 35.9 Å². The summed E-state index contributed by atoms with van der Waals surface area (Å²) in [5.74, 6) is 0.584. The minimum atomic E-state index is -0.121. The van der Waals surface area contributed by atoms with Gasteiger partial charge in [-0.3, -0.25) is 0 Å². The summed E-state index contributed by atoms with van der Waals surface area (Å²) in [6.07, 6.45) is 7.36. The van der Waals surface area contributed by atoms with Gasteiger partial charge in [0.15, 0.2) is 6.29 Å². The van der Waals surface area contributed by atoms with E-state index in [1.54, 1.807) is 0 Å². The third kappa shape index (κ3) is 6.72. The Labute approximate surface area is 140 Å². The van der Waals surface area contributed by atoms with E-state index in [-0.39, 0.29) is 12.2 Å². The van der Waals surface area contributed by atoms with Gasteiger partial charge in [0.2, 0.25) is 0 Å². The van der Waals surface area contributed by atoms with Gasteiger partial charge >= 0.3 is 0 Å². The van der Waals surface area contributed by atoms with E-state index in [0.717, 1.165) is 32.5 Å². The Balaban J connectivity index is 1.65. The van der Waals surface area contributed by atoms with Crippen molar-refractivity contribution in [2.75, 3.05) is 13.2 Å². The molecule has 1 aliphatic rings. The van der Waals surface area contributed by atoms with E-state index in [2.05, 4.69) is 25.1 Å².